The molecule has 1 aliphatic heterocycles. The maximum absolute atomic E-state index is 12.5. The van der Waals surface area contributed by atoms with Gasteiger partial charge in [-0.3, -0.25) is 4.79 Å². The van der Waals surface area contributed by atoms with Gasteiger partial charge in [0, 0.05) is 0 Å². The predicted octanol–water partition coefficient (Wildman–Crippen LogP) is 1.98. The second-order valence-corrected chi connectivity index (χ2v) is 5.20. The fourth-order valence-electron chi connectivity index (χ4n) is 2.42. The standard InChI is InChI=1S/C16H21NO4/c1-3-14(18)11(2)15(19)17-13(10-21-16(17)20)9-12-7-5-4-6-8-12/h4-8,11,13-14,18H,3,9-10H2,1-2H3/t11-,13+,14+/m0/s1/i11+1,14+1D. The Labute approximate surface area is 125 Å². The average Bonchev–Trinajstić information content (AvgIpc) is 2.87. The van der Waals surface area contributed by atoms with Gasteiger partial charge in [0.1, 0.15) is 6.61 Å². The van der Waals surface area contributed by atoms with Gasteiger partial charge in [0.15, 0.2) is 0 Å². The molecule has 0 aliphatic carbocycles. The van der Waals surface area contributed by atoms with Crippen LogP contribution in [0.25, 0.3) is 0 Å². The molecule has 1 heterocycles. The van der Waals surface area contributed by atoms with E-state index in [4.69, 9.17) is 6.11 Å². The smallest absolute Gasteiger partial charge is 0.416 e. The zero-order chi connectivity index (χ0) is 16.3. The normalized spacial score (nSPS) is 23.2. The van der Waals surface area contributed by atoms with Crippen LogP contribution in [0, 0.1) is 5.92 Å². The third kappa shape index (κ3) is 3.42. The molecule has 5 nitrogen and oxygen atoms in total. The summed E-state index contributed by atoms with van der Waals surface area (Å²) in [6, 6.07) is 9.11. The van der Waals surface area contributed by atoms with Gasteiger partial charge in [-0.1, -0.05) is 44.2 Å². The molecule has 21 heavy (non-hydrogen) atoms. The zero-order valence-corrected chi connectivity index (χ0v) is 12.3. The molecule has 1 fully saturated rings. The van der Waals surface area contributed by atoms with Crippen LogP contribution in [-0.2, 0) is 16.0 Å². The first kappa shape index (κ1) is 14.1. The Balaban J connectivity index is 2.16. The lowest BCUT2D eigenvalue weighted by molar-refractivity contribution is -0.136. The van der Waals surface area contributed by atoms with E-state index in [0.29, 0.717) is 6.42 Å². The number of amides is 2. The molecule has 0 radical (unpaired) electrons. The van der Waals surface area contributed by atoms with Gasteiger partial charge < -0.3 is 9.84 Å². The molecule has 0 bridgehead atoms. The van der Waals surface area contributed by atoms with Crippen LogP contribution in [0.2, 0.25) is 0 Å². The topological polar surface area (TPSA) is 66.8 Å². The van der Waals surface area contributed by atoms with Gasteiger partial charge in [0.05, 0.1) is 19.4 Å². The monoisotopic (exact) mass is 294 g/mol. The van der Waals surface area contributed by atoms with Crippen molar-refractivity contribution in [2.45, 2.75) is 38.8 Å². The van der Waals surface area contributed by atoms with E-state index >= 15 is 0 Å². The van der Waals surface area contributed by atoms with Crippen LogP contribution in [0.5, 0.6) is 0 Å². The molecular weight excluding hydrogens is 272 g/mol. The number of nitrogens with zero attached hydrogens (tertiary/aromatic N) is 1. The summed E-state index contributed by atoms with van der Waals surface area (Å²) in [7, 11) is 0. The van der Waals surface area contributed by atoms with Crippen molar-refractivity contribution < 1.29 is 20.8 Å². The Hall–Kier alpha value is -1.88. The maximum Gasteiger partial charge on any atom is 0.416 e. The number of rotatable bonds is 5. The predicted molar refractivity (Wildman–Crippen MR) is 77.6 cm³/mol. The first-order valence-electron chi connectivity index (χ1n) is 7.63. The number of aliphatic hydroxyl groups is 1. The zero-order valence-electron chi connectivity index (χ0n) is 13.3. The molecule has 0 aromatic heterocycles. The van der Waals surface area contributed by atoms with E-state index in [1.54, 1.807) is 6.92 Å². The van der Waals surface area contributed by atoms with Crippen molar-refractivity contribution in [3.8, 4) is 0 Å². The lowest BCUT2D eigenvalue weighted by atomic mass is 10.1. The highest BCUT2D eigenvalue weighted by atomic mass is 16.6. The van der Waals surface area contributed by atoms with Crippen LogP contribution in [0.4, 0.5) is 4.79 Å². The van der Waals surface area contributed by atoms with Crippen molar-refractivity contribution in [2.75, 3.05) is 6.61 Å². The summed E-state index contributed by atoms with van der Waals surface area (Å²) in [6.07, 6.45) is -2.00. The number of imide groups is 1. The molecule has 1 aromatic rings. The lowest BCUT2D eigenvalue weighted by Gasteiger charge is -2.25. The van der Waals surface area contributed by atoms with E-state index in [0.717, 1.165) is 10.5 Å². The molecule has 0 spiro atoms. The van der Waals surface area contributed by atoms with E-state index in [9.17, 15) is 14.7 Å². The Kier molecular flexibility index (Phi) is 4.50. The highest BCUT2D eigenvalue weighted by Crippen LogP contribution is 2.21. The number of carbonyl (C=O) groups is 2. The first-order chi connectivity index (χ1) is 10.4. The minimum Gasteiger partial charge on any atom is -0.447 e. The summed E-state index contributed by atoms with van der Waals surface area (Å²) >= 11 is 0. The third-order valence-electron chi connectivity index (χ3n) is 3.75. The molecule has 1 aromatic carbocycles. The Morgan fingerprint density at radius 2 is 2.19 bits per heavy atom. The molecule has 2 rings (SSSR count). The van der Waals surface area contributed by atoms with Crippen LogP contribution in [0.1, 0.15) is 27.2 Å². The van der Waals surface area contributed by atoms with E-state index in [1.165, 1.54) is 6.92 Å². The van der Waals surface area contributed by atoms with Gasteiger partial charge in [0.2, 0.25) is 5.91 Å². The number of hydrogen-bond acceptors (Lipinski definition) is 4. The molecule has 3 atom stereocenters. The minimum atomic E-state index is -1.89. The van der Waals surface area contributed by atoms with Crippen molar-refractivity contribution >= 4 is 12.0 Å². The van der Waals surface area contributed by atoms with E-state index in [2.05, 4.69) is 0 Å². The molecule has 2 amide bonds. The molecule has 5 heteroatoms. The lowest BCUT2D eigenvalue weighted by Crippen LogP contribution is -2.45. The average molecular weight is 294 g/mol. The Morgan fingerprint density at radius 3 is 2.81 bits per heavy atom. The second kappa shape index (κ2) is 6.72. The fraction of sp³-hybridized carbons (Fsp3) is 0.500. The molecule has 1 aliphatic rings. The van der Waals surface area contributed by atoms with Crippen molar-refractivity contribution in [3.63, 3.8) is 0 Å². The van der Waals surface area contributed by atoms with Crippen LogP contribution < -0.4 is 0 Å². The quantitative estimate of drug-likeness (QED) is 0.843. The molecule has 0 unspecified atom stereocenters. The number of benzene rings is 1. The van der Waals surface area contributed by atoms with Gasteiger partial charge in [-0.25, -0.2) is 9.69 Å². The summed E-state index contributed by atoms with van der Waals surface area (Å²) in [6.45, 7) is 3.22. The number of ether oxygens (including phenoxy) is 1. The van der Waals surface area contributed by atoms with Gasteiger partial charge in [-0.2, -0.15) is 0 Å². The van der Waals surface area contributed by atoms with Crippen LogP contribution in [0.3, 0.4) is 0 Å². The Bertz CT molecular complexity index is 546. The summed E-state index contributed by atoms with van der Waals surface area (Å²) in [5.41, 5.74) is 0.993. The van der Waals surface area contributed by atoms with Gasteiger partial charge in [-0.15, -0.1) is 0 Å². The van der Waals surface area contributed by atoms with Crippen molar-refractivity contribution in [1.29, 1.82) is 0 Å². The van der Waals surface area contributed by atoms with Gasteiger partial charge >= 0.3 is 6.09 Å². The summed E-state index contributed by atoms with van der Waals surface area (Å²) in [5, 5.41) is 9.95. The number of hydrogen-bond donors (Lipinski definition) is 1. The second-order valence-electron chi connectivity index (χ2n) is 5.20. The highest BCUT2D eigenvalue weighted by Gasteiger charge is 2.40. The van der Waals surface area contributed by atoms with Crippen molar-refractivity contribution in [1.82, 2.24) is 4.90 Å². The maximum atomic E-state index is 12.5. The van der Waals surface area contributed by atoms with E-state index in [-0.39, 0.29) is 13.0 Å². The molecule has 1 N–H and O–H groups in total. The SMILES string of the molecule is [2H][13C@@](O)(CC)[13C@H](C)C(=O)N1C(=O)OC[C@H]1Cc1ccccc1. The molecular formula is C16H21NO4. The largest absolute Gasteiger partial charge is 0.447 e. The van der Waals surface area contributed by atoms with Crippen molar-refractivity contribution in [2.24, 2.45) is 5.92 Å². The van der Waals surface area contributed by atoms with Crippen LogP contribution in [0.15, 0.2) is 30.3 Å². The van der Waals surface area contributed by atoms with Crippen LogP contribution in [-0.4, -0.2) is 40.7 Å². The fourth-order valence-corrected chi connectivity index (χ4v) is 2.42. The number of cyclic esters (lactones) is 1. The third-order valence-corrected chi connectivity index (χ3v) is 3.75. The van der Waals surface area contributed by atoms with Gasteiger partial charge in [0.25, 0.3) is 0 Å². The summed E-state index contributed by atoms with van der Waals surface area (Å²) < 4.78 is 12.8. The molecule has 0 saturated carbocycles. The van der Waals surface area contributed by atoms with E-state index < -0.39 is 30.0 Å². The highest BCUT2D eigenvalue weighted by molar-refractivity contribution is 5.94. The minimum absolute atomic E-state index is 0.103. The summed E-state index contributed by atoms with van der Waals surface area (Å²) in [5.74, 6) is -1.57. The van der Waals surface area contributed by atoms with Gasteiger partial charge in [-0.05, 0) is 18.4 Å². The first-order valence-corrected chi connectivity index (χ1v) is 7.13. The van der Waals surface area contributed by atoms with E-state index in [1.807, 2.05) is 30.3 Å². The summed E-state index contributed by atoms with van der Waals surface area (Å²) in [4.78, 5) is 25.4. The number of carbonyl (C=O) groups excluding carboxylic acids is 2. The molecule has 1 saturated heterocycles. The molecule has 114 valence electrons. The van der Waals surface area contributed by atoms with Crippen molar-refractivity contribution in [3.05, 3.63) is 35.9 Å². The van der Waals surface area contributed by atoms with Crippen LogP contribution >= 0.6 is 0 Å². The Morgan fingerprint density at radius 1 is 1.52 bits per heavy atom.